The fraction of sp³-hybridized carbons (Fsp3) is 0.154. The average Bonchev–Trinajstić information content (AvgIpc) is 2.87. The number of thiophene rings is 1. The predicted molar refractivity (Wildman–Crippen MR) is 82.6 cm³/mol. The van der Waals surface area contributed by atoms with Crippen LogP contribution < -0.4 is 10.1 Å². The van der Waals surface area contributed by atoms with Gasteiger partial charge >= 0.3 is 0 Å². The van der Waals surface area contributed by atoms with E-state index in [1.54, 1.807) is 18.2 Å². The Kier molecular flexibility index (Phi) is 4.85. The van der Waals surface area contributed by atoms with Crippen molar-refractivity contribution in [1.29, 1.82) is 0 Å². The molecule has 0 aliphatic rings. The van der Waals surface area contributed by atoms with Crippen LogP contribution in [0.2, 0.25) is 5.02 Å². The molecular formula is C13H11BrClNO2S. The van der Waals surface area contributed by atoms with Crippen LogP contribution in [0.1, 0.15) is 16.6 Å². The second kappa shape index (κ2) is 6.41. The molecule has 0 aliphatic carbocycles. The second-order valence-electron chi connectivity index (χ2n) is 3.63. The number of benzene rings is 1. The lowest BCUT2D eigenvalue weighted by atomic mass is 10.3. The topological polar surface area (TPSA) is 38.3 Å². The van der Waals surface area contributed by atoms with E-state index >= 15 is 0 Å². The molecule has 6 heteroatoms. The van der Waals surface area contributed by atoms with Crippen molar-refractivity contribution in [3.63, 3.8) is 0 Å². The summed E-state index contributed by atoms with van der Waals surface area (Å²) in [5.41, 5.74) is 0.555. The molecule has 0 unspecified atom stereocenters. The van der Waals surface area contributed by atoms with Gasteiger partial charge in [0.15, 0.2) is 5.75 Å². The summed E-state index contributed by atoms with van der Waals surface area (Å²) in [6, 6.07) is 6.99. The van der Waals surface area contributed by atoms with Gasteiger partial charge in [-0.3, -0.25) is 4.79 Å². The number of rotatable bonds is 4. The van der Waals surface area contributed by atoms with Crippen molar-refractivity contribution in [3.8, 4) is 5.75 Å². The van der Waals surface area contributed by atoms with Gasteiger partial charge in [0.1, 0.15) is 0 Å². The molecule has 1 aromatic carbocycles. The Balaban J connectivity index is 2.30. The van der Waals surface area contributed by atoms with Gasteiger partial charge in [-0.05, 0) is 46.4 Å². The molecule has 1 aromatic heterocycles. The molecule has 0 atom stereocenters. The molecule has 19 heavy (non-hydrogen) atoms. The highest BCUT2D eigenvalue weighted by atomic mass is 79.9. The number of hydrogen-bond donors (Lipinski definition) is 1. The maximum Gasteiger partial charge on any atom is 0.265 e. The first-order valence-electron chi connectivity index (χ1n) is 5.58. The first kappa shape index (κ1) is 14.4. The summed E-state index contributed by atoms with van der Waals surface area (Å²) in [6.45, 7) is 2.38. The van der Waals surface area contributed by atoms with E-state index in [-0.39, 0.29) is 5.91 Å². The first-order chi connectivity index (χ1) is 9.11. The van der Waals surface area contributed by atoms with Gasteiger partial charge in [-0.15, -0.1) is 11.3 Å². The molecule has 100 valence electrons. The Morgan fingerprint density at radius 3 is 2.95 bits per heavy atom. The predicted octanol–water partition coefficient (Wildman–Crippen LogP) is 4.82. The van der Waals surface area contributed by atoms with E-state index < -0.39 is 0 Å². The molecule has 1 heterocycles. The highest BCUT2D eigenvalue weighted by Gasteiger charge is 2.14. The van der Waals surface area contributed by atoms with E-state index in [9.17, 15) is 4.79 Å². The van der Waals surface area contributed by atoms with Crippen LogP contribution in [0.25, 0.3) is 0 Å². The fourth-order valence-corrected chi connectivity index (χ4v) is 3.08. The third kappa shape index (κ3) is 3.49. The third-order valence-electron chi connectivity index (χ3n) is 2.29. The number of carbonyl (C=O) groups excluding carboxylic acids is 1. The molecule has 2 aromatic rings. The lowest BCUT2D eigenvalue weighted by Gasteiger charge is -2.13. The molecule has 3 nitrogen and oxygen atoms in total. The van der Waals surface area contributed by atoms with Crippen LogP contribution in [0.3, 0.4) is 0 Å². The quantitative estimate of drug-likeness (QED) is 0.849. The van der Waals surface area contributed by atoms with Crippen molar-refractivity contribution in [2.24, 2.45) is 0 Å². The smallest absolute Gasteiger partial charge is 0.265 e. The van der Waals surface area contributed by atoms with Gasteiger partial charge in [-0.25, -0.2) is 0 Å². The number of amides is 1. The van der Waals surface area contributed by atoms with E-state index in [0.717, 1.165) is 0 Å². The van der Waals surface area contributed by atoms with Gasteiger partial charge in [-0.2, -0.15) is 0 Å². The minimum absolute atomic E-state index is 0.176. The van der Waals surface area contributed by atoms with E-state index in [1.807, 2.05) is 18.4 Å². The number of carbonyl (C=O) groups is 1. The van der Waals surface area contributed by atoms with Crippen LogP contribution in [0, 0.1) is 0 Å². The fourth-order valence-electron chi connectivity index (χ4n) is 1.54. The SMILES string of the molecule is CCOc1c(Br)cc(Cl)cc1NC(=O)c1cccs1. The van der Waals surface area contributed by atoms with Crippen LogP contribution >= 0.6 is 38.9 Å². The highest BCUT2D eigenvalue weighted by molar-refractivity contribution is 9.10. The van der Waals surface area contributed by atoms with Crippen LogP contribution in [0.5, 0.6) is 5.75 Å². The summed E-state index contributed by atoms with van der Waals surface area (Å²) in [7, 11) is 0. The number of hydrogen-bond acceptors (Lipinski definition) is 3. The van der Waals surface area contributed by atoms with Gasteiger partial charge in [0.05, 0.1) is 21.6 Å². The van der Waals surface area contributed by atoms with Crippen molar-refractivity contribution in [2.75, 3.05) is 11.9 Å². The minimum atomic E-state index is -0.176. The van der Waals surface area contributed by atoms with E-state index in [0.29, 0.717) is 32.4 Å². The Hall–Kier alpha value is -1.04. The average molecular weight is 361 g/mol. The summed E-state index contributed by atoms with van der Waals surface area (Å²) in [5.74, 6) is 0.405. The number of halogens is 2. The summed E-state index contributed by atoms with van der Waals surface area (Å²) < 4.78 is 6.24. The Bertz CT molecular complexity index is 587. The Morgan fingerprint density at radius 1 is 1.53 bits per heavy atom. The zero-order valence-electron chi connectivity index (χ0n) is 10.1. The number of ether oxygens (including phenoxy) is 1. The maximum absolute atomic E-state index is 12.0. The second-order valence-corrected chi connectivity index (χ2v) is 5.87. The highest BCUT2D eigenvalue weighted by Crippen LogP contribution is 2.37. The molecule has 0 bridgehead atoms. The Morgan fingerprint density at radius 2 is 2.32 bits per heavy atom. The van der Waals surface area contributed by atoms with Crippen molar-refractivity contribution < 1.29 is 9.53 Å². The lowest BCUT2D eigenvalue weighted by molar-refractivity contribution is 0.103. The van der Waals surface area contributed by atoms with E-state index in [2.05, 4.69) is 21.2 Å². The van der Waals surface area contributed by atoms with Gasteiger partial charge in [-0.1, -0.05) is 17.7 Å². The monoisotopic (exact) mass is 359 g/mol. The summed E-state index contributed by atoms with van der Waals surface area (Å²) in [4.78, 5) is 12.7. The summed E-state index contributed by atoms with van der Waals surface area (Å²) in [5, 5.41) is 5.19. The first-order valence-corrected chi connectivity index (χ1v) is 7.63. The van der Waals surface area contributed by atoms with Gasteiger partial charge in [0, 0.05) is 5.02 Å². The zero-order chi connectivity index (χ0) is 13.8. The molecule has 1 amide bonds. The minimum Gasteiger partial charge on any atom is -0.491 e. The molecule has 0 saturated carbocycles. The van der Waals surface area contributed by atoms with Crippen LogP contribution in [0.15, 0.2) is 34.1 Å². The third-order valence-corrected chi connectivity index (χ3v) is 3.97. The molecule has 0 aliphatic heterocycles. The zero-order valence-corrected chi connectivity index (χ0v) is 13.2. The molecule has 1 N–H and O–H groups in total. The summed E-state index contributed by atoms with van der Waals surface area (Å²) >= 11 is 10.8. The van der Waals surface area contributed by atoms with Crippen LogP contribution in [0.4, 0.5) is 5.69 Å². The van der Waals surface area contributed by atoms with Gasteiger partial charge in [0.25, 0.3) is 5.91 Å². The molecule has 0 radical (unpaired) electrons. The largest absolute Gasteiger partial charge is 0.491 e. The van der Waals surface area contributed by atoms with Crippen molar-refractivity contribution in [2.45, 2.75) is 6.92 Å². The van der Waals surface area contributed by atoms with Crippen LogP contribution in [-0.4, -0.2) is 12.5 Å². The van der Waals surface area contributed by atoms with Crippen LogP contribution in [-0.2, 0) is 0 Å². The standard InChI is InChI=1S/C13H11BrClNO2S/c1-2-18-12-9(14)6-8(15)7-10(12)16-13(17)11-4-3-5-19-11/h3-7H,2H2,1H3,(H,16,17). The number of anilines is 1. The van der Waals surface area contributed by atoms with E-state index in [1.165, 1.54) is 11.3 Å². The van der Waals surface area contributed by atoms with Crippen molar-refractivity contribution in [3.05, 3.63) is 44.0 Å². The maximum atomic E-state index is 12.0. The van der Waals surface area contributed by atoms with Gasteiger partial charge < -0.3 is 10.1 Å². The normalized spacial score (nSPS) is 10.3. The molecular weight excluding hydrogens is 350 g/mol. The number of nitrogens with one attached hydrogen (secondary N) is 1. The molecule has 2 rings (SSSR count). The van der Waals surface area contributed by atoms with E-state index in [4.69, 9.17) is 16.3 Å². The summed E-state index contributed by atoms with van der Waals surface area (Å²) in [6.07, 6.45) is 0. The van der Waals surface area contributed by atoms with Crippen molar-refractivity contribution >= 4 is 50.5 Å². The van der Waals surface area contributed by atoms with Gasteiger partial charge in [0.2, 0.25) is 0 Å². The lowest BCUT2D eigenvalue weighted by Crippen LogP contribution is -2.11. The molecule has 0 fully saturated rings. The molecule has 0 saturated heterocycles. The molecule has 0 spiro atoms. The Labute approximate surface area is 128 Å². The van der Waals surface area contributed by atoms with Crippen molar-refractivity contribution in [1.82, 2.24) is 0 Å².